The first kappa shape index (κ1) is 10.2. The minimum Gasteiger partial charge on any atom is -0.389 e. The van der Waals surface area contributed by atoms with Crippen LogP contribution in [0.5, 0.6) is 0 Å². The molecule has 1 unspecified atom stereocenters. The molecule has 0 saturated carbocycles. The van der Waals surface area contributed by atoms with Crippen LogP contribution in [0, 0.1) is 6.92 Å². The zero-order chi connectivity index (χ0) is 9.90. The molecule has 0 radical (unpaired) electrons. The van der Waals surface area contributed by atoms with E-state index in [2.05, 4.69) is 5.10 Å². The first-order valence-electron chi connectivity index (χ1n) is 4.46. The lowest BCUT2D eigenvalue weighted by Gasteiger charge is -2.20. The molecule has 0 aromatic carbocycles. The summed E-state index contributed by atoms with van der Waals surface area (Å²) >= 11 is 0. The van der Waals surface area contributed by atoms with Gasteiger partial charge in [0, 0.05) is 25.0 Å². The second-order valence-corrected chi connectivity index (χ2v) is 3.65. The van der Waals surface area contributed by atoms with E-state index in [4.69, 9.17) is 5.73 Å². The van der Waals surface area contributed by atoms with Crippen molar-refractivity contribution < 1.29 is 5.11 Å². The fourth-order valence-corrected chi connectivity index (χ4v) is 1.08. The van der Waals surface area contributed by atoms with Gasteiger partial charge in [0.15, 0.2) is 0 Å². The van der Waals surface area contributed by atoms with E-state index < -0.39 is 5.60 Å². The van der Waals surface area contributed by atoms with E-state index in [0.29, 0.717) is 13.0 Å². The van der Waals surface area contributed by atoms with Gasteiger partial charge >= 0.3 is 0 Å². The van der Waals surface area contributed by atoms with Crippen molar-refractivity contribution >= 4 is 0 Å². The minimum atomic E-state index is -0.779. The van der Waals surface area contributed by atoms with Crippen LogP contribution in [0.15, 0.2) is 12.3 Å². The van der Waals surface area contributed by atoms with Gasteiger partial charge in [-0.25, -0.2) is 0 Å². The Kier molecular flexibility index (Phi) is 3.06. The Morgan fingerprint density at radius 1 is 1.69 bits per heavy atom. The van der Waals surface area contributed by atoms with Crippen LogP contribution in [0.1, 0.15) is 19.0 Å². The van der Waals surface area contributed by atoms with Crippen molar-refractivity contribution in [3.63, 3.8) is 0 Å². The van der Waals surface area contributed by atoms with Crippen LogP contribution in [-0.2, 0) is 6.54 Å². The highest BCUT2D eigenvalue weighted by Gasteiger charge is 2.17. The molecule has 1 rings (SSSR count). The Morgan fingerprint density at radius 2 is 2.38 bits per heavy atom. The van der Waals surface area contributed by atoms with E-state index in [1.807, 2.05) is 17.7 Å². The molecule has 0 aliphatic rings. The summed E-state index contributed by atoms with van der Waals surface area (Å²) in [5.41, 5.74) is 5.73. The maximum absolute atomic E-state index is 9.65. The summed E-state index contributed by atoms with van der Waals surface area (Å²) in [5, 5.41) is 13.8. The van der Waals surface area contributed by atoms with Crippen molar-refractivity contribution in [3.8, 4) is 0 Å². The summed E-state index contributed by atoms with van der Waals surface area (Å²) in [6.07, 6.45) is 2.39. The molecule has 1 aromatic rings. The predicted octanol–water partition coefficient (Wildman–Crippen LogP) is 0.291. The summed E-state index contributed by atoms with van der Waals surface area (Å²) < 4.78 is 1.87. The third kappa shape index (κ3) is 2.82. The average Bonchev–Trinajstić information content (AvgIpc) is 2.48. The zero-order valence-corrected chi connectivity index (χ0v) is 8.20. The van der Waals surface area contributed by atoms with Gasteiger partial charge < -0.3 is 10.8 Å². The molecule has 0 spiro atoms. The van der Waals surface area contributed by atoms with E-state index >= 15 is 0 Å². The van der Waals surface area contributed by atoms with Gasteiger partial charge in [0.2, 0.25) is 0 Å². The number of nitrogens with two attached hydrogens (primary N) is 1. The van der Waals surface area contributed by atoms with E-state index in [9.17, 15) is 5.11 Å². The van der Waals surface area contributed by atoms with E-state index in [0.717, 1.165) is 5.69 Å². The largest absolute Gasteiger partial charge is 0.389 e. The number of aromatic nitrogens is 2. The van der Waals surface area contributed by atoms with E-state index in [1.165, 1.54) is 0 Å². The van der Waals surface area contributed by atoms with Gasteiger partial charge in [-0.2, -0.15) is 5.10 Å². The zero-order valence-electron chi connectivity index (χ0n) is 8.20. The molecule has 0 amide bonds. The fraction of sp³-hybridized carbons (Fsp3) is 0.667. The van der Waals surface area contributed by atoms with Crippen molar-refractivity contribution in [2.45, 2.75) is 32.4 Å². The Morgan fingerprint density at radius 3 is 2.85 bits per heavy atom. The number of aryl methyl sites for hydroxylation is 2. The monoisotopic (exact) mass is 183 g/mol. The Balaban J connectivity index is 2.48. The highest BCUT2D eigenvalue weighted by atomic mass is 16.3. The van der Waals surface area contributed by atoms with Gasteiger partial charge in [0.25, 0.3) is 0 Å². The van der Waals surface area contributed by atoms with Gasteiger partial charge in [0.05, 0.1) is 5.60 Å². The number of nitrogens with zero attached hydrogens (tertiary/aromatic N) is 2. The predicted molar refractivity (Wildman–Crippen MR) is 51.3 cm³/mol. The first-order chi connectivity index (χ1) is 6.05. The van der Waals surface area contributed by atoms with Crippen molar-refractivity contribution in [3.05, 3.63) is 18.0 Å². The molecule has 4 heteroatoms. The summed E-state index contributed by atoms with van der Waals surface area (Å²) in [7, 11) is 0. The molecule has 0 aliphatic heterocycles. The van der Waals surface area contributed by atoms with Gasteiger partial charge in [-0.15, -0.1) is 0 Å². The molecule has 1 atom stereocenters. The Labute approximate surface area is 78.4 Å². The summed E-state index contributed by atoms with van der Waals surface area (Å²) in [5.74, 6) is 0. The topological polar surface area (TPSA) is 64.1 Å². The van der Waals surface area contributed by atoms with Crippen molar-refractivity contribution in [1.29, 1.82) is 0 Å². The summed E-state index contributed by atoms with van der Waals surface area (Å²) in [6, 6.07) is 1.94. The third-order valence-corrected chi connectivity index (χ3v) is 2.23. The first-order valence-corrected chi connectivity index (χ1v) is 4.46. The molecule has 74 valence electrons. The van der Waals surface area contributed by atoms with Gasteiger partial charge in [-0.1, -0.05) is 0 Å². The molecule has 3 N–H and O–H groups in total. The molecular formula is C9H17N3O. The lowest BCUT2D eigenvalue weighted by atomic mass is 10.0. The van der Waals surface area contributed by atoms with Crippen LogP contribution in [0.3, 0.4) is 0 Å². The van der Waals surface area contributed by atoms with Crippen LogP contribution in [0.2, 0.25) is 0 Å². The average molecular weight is 183 g/mol. The van der Waals surface area contributed by atoms with Crippen molar-refractivity contribution in [1.82, 2.24) is 9.78 Å². The quantitative estimate of drug-likeness (QED) is 0.705. The highest BCUT2D eigenvalue weighted by Crippen LogP contribution is 2.09. The number of aliphatic hydroxyl groups is 1. The molecule has 0 fully saturated rings. The van der Waals surface area contributed by atoms with E-state index in [-0.39, 0.29) is 6.54 Å². The van der Waals surface area contributed by atoms with E-state index in [1.54, 1.807) is 13.1 Å². The molecular weight excluding hydrogens is 166 g/mol. The second kappa shape index (κ2) is 3.89. The lowest BCUT2D eigenvalue weighted by Crippen LogP contribution is -2.35. The second-order valence-electron chi connectivity index (χ2n) is 3.65. The maximum atomic E-state index is 9.65. The smallest absolute Gasteiger partial charge is 0.0759 e. The van der Waals surface area contributed by atoms with Crippen LogP contribution in [0.25, 0.3) is 0 Å². The van der Waals surface area contributed by atoms with Crippen LogP contribution in [0.4, 0.5) is 0 Å². The Hall–Kier alpha value is -0.870. The molecule has 0 saturated heterocycles. The van der Waals surface area contributed by atoms with Crippen LogP contribution < -0.4 is 5.73 Å². The Bertz CT molecular complexity index is 268. The maximum Gasteiger partial charge on any atom is 0.0759 e. The normalized spacial score (nSPS) is 15.7. The number of hydrogen-bond acceptors (Lipinski definition) is 3. The van der Waals surface area contributed by atoms with Gasteiger partial charge in [-0.3, -0.25) is 4.68 Å². The lowest BCUT2D eigenvalue weighted by molar-refractivity contribution is 0.0542. The van der Waals surface area contributed by atoms with Gasteiger partial charge in [0.1, 0.15) is 0 Å². The standard InChI is InChI=1S/C9H17N3O/c1-8-3-5-11-12(8)6-4-9(2,13)7-10/h3,5,13H,4,6-7,10H2,1-2H3. The number of rotatable bonds is 4. The van der Waals surface area contributed by atoms with Crippen molar-refractivity contribution in [2.24, 2.45) is 5.73 Å². The fourth-order valence-electron chi connectivity index (χ4n) is 1.08. The third-order valence-electron chi connectivity index (χ3n) is 2.23. The number of hydrogen-bond donors (Lipinski definition) is 2. The molecule has 0 bridgehead atoms. The minimum absolute atomic E-state index is 0.285. The molecule has 4 nitrogen and oxygen atoms in total. The highest BCUT2D eigenvalue weighted by molar-refractivity contribution is 4.96. The van der Waals surface area contributed by atoms with Crippen LogP contribution >= 0.6 is 0 Å². The van der Waals surface area contributed by atoms with Gasteiger partial charge in [-0.05, 0) is 26.3 Å². The summed E-state index contributed by atoms with van der Waals surface area (Å²) in [6.45, 7) is 4.73. The van der Waals surface area contributed by atoms with Crippen LogP contribution in [-0.4, -0.2) is 27.0 Å². The SMILES string of the molecule is Cc1ccnn1CCC(C)(O)CN. The molecule has 1 aromatic heterocycles. The molecule has 1 heterocycles. The molecule has 0 aliphatic carbocycles. The molecule has 13 heavy (non-hydrogen) atoms. The van der Waals surface area contributed by atoms with Crippen molar-refractivity contribution in [2.75, 3.05) is 6.54 Å². The summed E-state index contributed by atoms with van der Waals surface area (Å²) in [4.78, 5) is 0.